The van der Waals surface area contributed by atoms with E-state index in [0.29, 0.717) is 18.8 Å². The van der Waals surface area contributed by atoms with E-state index in [9.17, 15) is 9.59 Å². The monoisotopic (exact) mass is 299 g/mol. The molecule has 1 amide bonds. The molecule has 0 spiro atoms. The van der Waals surface area contributed by atoms with Crippen LogP contribution in [0.3, 0.4) is 0 Å². The first-order chi connectivity index (χ1) is 10.5. The highest BCUT2D eigenvalue weighted by Gasteiger charge is 2.27. The molecule has 3 rings (SSSR count). The van der Waals surface area contributed by atoms with Crippen LogP contribution < -0.4 is 0 Å². The third kappa shape index (κ3) is 2.47. The van der Waals surface area contributed by atoms with E-state index in [4.69, 9.17) is 5.11 Å². The third-order valence-electron chi connectivity index (χ3n) is 4.00. The van der Waals surface area contributed by atoms with Gasteiger partial charge in [0, 0.05) is 12.1 Å². The van der Waals surface area contributed by atoms with Crippen molar-refractivity contribution in [3.63, 3.8) is 0 Å². The lowest BCUT2D eigenvalue weighted by molar-refractivity contribution is -0.137. The molecule has 0 saturated carbocycles. The van der Waals surface area contributed by atoms with Gasteiger partial charge in [-0.05, 0) is 37.1 Å². The number of aryl methyl sites for hydroxylation is 2. The Morgan fingerprint density at radius 1 is 1.23 bits per heavy atom. The summed E-state index contributed by atoms with van der Waals surface area (Å²) in [4.78, 5) is 24.5. The van der Waals surface area contributed by atoms with Crippen LogP contribution in [-0.2, 0) is 11.3 Å². The van der Waals surface area contributed by atoms with E-state index >= 15 is 0 Å². The number of hydrogen-bond donors (Lipinski definition) is 1. The van der Waals surface area contributed by atoms with Gasteiger partial charge in [0.25, 0.3) is 5.91 Å². The van der Waals surface area contributed by atoms with Gasteiger partial charge in [0.2, 0.25) is 0 Å². The average Bonchev–Trinajstić information content (AvgIpc) is 2.89. The first-order valence-electron chi connectivity index (χ1n) is 7.12. The molecule has 22 heavy (non-hydrogen) atoms. The standard InChI is InChI=1S/C16H17N3O3/c1-10-3-4-12(7-11(10)2)13-8-14-16(22)18(9-15(20)21)5-6-19(14)17-13/h3-4,7-8H,5-6,9H2,1-2H3,(H,20,21). The number of aromatic nitrogens is 2. The van der Waals surface area contributed by atoms with Crippen molar-refractivity contribution in [2.75, 3.05) is 13.1 Å². The molecule has 6 heteroatoms. The fourth-order valence-corrected chi connectivity index (χ4v) is 2.59. The summed E-state index contributed by atoms with van der Waals surface area (Å²) in [5.41, 5.74) is 4.52. The molecule has 0 bridgehead atoms. The molecule has 0 fully saturated rings. The Balaban J connectivity index is 1.94. The van der Waals surface area contributed by atoms with Crippen LogP contribution in [0.1, 0.15) is 21.6 Å². The van der Waals surface area contributed by atoms with E-state index in [-0.39, 0.29) is 12.5 Å². The third-order valence-corrected chi connectivity index (χ3v) is 4.00. The lowest BCUT2D eigenvalue weighted by atomic mass is 10.0. The van der Waals surface area contributed by atoms with Crippen LogP contribution >= 0.6 is 0 Å². The quantitative estimate of drug-likeness (QED) is 0.936. The first-order valence-corrected chi connectivity index (χ1v) is 7.12. The number of amides is 1. The minimum atomic E-state index is -1.00. The van der Waals surface area contributed by atoms with Crippen LogP contribution in [0.4, 0.5) is 0 Å². The molecule has 2 aromatic rings. The van der Waals surface area contributed by atoms with Crippen LogP contribution in [-0.4, -0.2) is 44.8 Å². The summed E-state index contributed by atoms with van der Waals surface area (Å²) < 4.78 is 1.66. The summed E-state index contributed by atoms with van der Waals surface area (Å²) in [7, 11) is 0. The van der Waals surface area contributed by atoms with Gasteiger partial charge in [-0.1, -0.05) is 12.1 Å². The van der Waals surface area contributed by atoms with Crippen LogP contribution in [0.5, 0.6) is 0 Å². The van der Waals surface area contributed by atoms with E-state index in [0.717, 1.165) is 11.3 Å². The lowest BCUT2D eigenvalue weighted by Crippen LogP contribution is -2.43. The molecule has 2 heterocycles. The first kappa shape index (κ1) is 14.3. The maximum absolute atomic E-state index is 12.3. The molecule has 6 nitrogen and oxygen atoms in total. The number of aliphatic carboxylic acids is 1. The van der Waals surface area contributed by atoms with Gasteiger partial charge in [-0.3, -0.25) is 14.3 Å². The number of rotatable bonds is 3. The van der Waals surface area contributed by atoms with Crippen LogP contribution in [0.25, 0.3) is 11.3 Å². The molecular formula is C16H17N3O3. The molecular weight excluding hydrogens is 282 g/mol. The Bertz CT molecular complexity index is 764. The number of carbonyl (C=O) groups is 2. The number of carboxylic acids is 1. The highest BCUT2D eigenvalue weighted by atomic mass is 16.4. The number of hydrogen-bond acceptors (Lipinski definition) is 3. The minimum absolute atomic E-state index is 0.275. The molecule has 1 aliphatic heterocycles. The zero-order chi connectivity index (χ0) is 15.9. The number of carbonyl (C=O) groups excluding carboxylic acids is 1. The van der Waals surface area contributed by atoms with Crippen LogP contribution in [0.2, 0.25) is 0 Å². The number of carboxylic acid groups (broad SMARTS) is 1. The number of nitrogens with zero attached hydrogens (tertiary/aromatic N) is 3. The second kappa shape index (κ2) is 5.29. The van der Waals surface area contributed by atoms with Crippen molar-refractivity contribution in [1.29, 1.82) is 0 Å². The van der Waals surface area contributed by atoms with E-state index in [1.807, 2.05) is 32.0 Å². The van der Waals surface area contributed by atoms with Gasteiger partial charge >= 0.3 is 5.97 Å². The van der Waals surface area contributed by atoms with Gasteiger partial charge in [-0.2, -0.15) is 5.10 Å². The Labute approximate surface area is 128 Å². The maximum Gasteiger partial charge on any atom is 0.323 e. The summed E-state index contributed by atoms with van der Waals surface area (Å²) in [6.07, 6.45) is 0. The second-order valence-corrected chi connectivity index (χ2v) is 5.56. The SMILES string of the molecule is Cc1ccc(-c2cc3n(n2)CCN(CC(=O)O)C3=O)cc1C. The Hall–Kier alpha value is -2.63. The molecule has 114 valence electrons. The van der Waals surface area contributed by atoms with E-state index in [1.165, 1.54) is 16.0 Å². The van der Waals surface area contributed by atoms with Gasteiger partial charge in [0.05, 0.1) is 12.2 Å². The van der Waals surface area contributed by atoms with Crippen molar-refractivity contribution < 1.29 is 14.7 Å². The molecule has 0 saturated heterocycles. The molecule has 1 N–H and O–H groups in total. The fraction of sp³-hybridized carbons (Fsp3) is 0.312. The predicted octanol–water partition coefficient (Wildman–Crippen LogP) is 1.71. The minimum Gasteiger partial charge on any atom is -0.480 e. The van der Waals surface area contributed by atoms with Gasteiger partial charge in [0.15, 0.2) is 0 Å². The van der Waals surface area contributed by atoms with Crippen molar-refractivity contribution >= 4 is 11.9 Å². The summed E-state index contributed by atoms with van der Waals surface area (Å²) >= 11 is 0. The number of fused-ring (bicyclic) bond motifs is 1. The highest BCUT2D eigenvalue weighted by molar-refractivity contribution is 5.96. The zero-order valence-corrected chi connectivity index (χ0v) is 12.5. The molecule has 0 unspecified atom stereocenters. The van der Waals surface area contributed by atoms with E-state index < -0.39 is 5.97 Å². The lowest BCUT2D eigenvalue weighted by Gasteiger charge is -2.25. The Kier molecular flexibility index (Phi) is 3.44. The summed E-state index contributed by atoms with van der Waals surface area (Å²) in [6.45, 7) is 4.69. The molecule has 0 radical (unpaired) electrons. The van der Waals surface area contributed by atoms with Gasteiger partial charge in [0.1, 0.15) is 12.2 Å². The predicted molar refractivity (Wildman–Crippen MR) is 80.7 cm³/mol. The largest absolute Gasteiger partial charge is 0.480 e. The zero-order valence-electron chi connectivity index (χ0n) is 12.5. The maximum atomic E-state index is 12.3. The average molecular weight is 299 g/mol. The highest BCUT2D eigenvalue weighted by Crippen LogP contribution is 2.24. The molecule has 0 atom stereocenters. The van der Waals surface area contributed by atoms with Crippen molar-refractivity contribution in [2.24, 2.45) is 0 Å². The topological polar surface area (TPSA) is 75.4 Å². The van der Waals surface area contributed by atoms with E-state index in [1.54, 1.807) is 10.7 Å². The smallest absolute Gasteiger partial charge is 0.323 e. The Morgan fingerprint density at radius 3 is 2.68 bits per heavy atom. The van der Waals surface area contributed by atoms with Crippen molar-refractivity contribution in [3.8, 4) is 11.3 Å². The summed E-state index contributed by atoms with van der Waals surface area (Å²) in [5.74, 6) is -1.29. The molecule has 1 aliphatic rings. The molecule has 1 aromatic carbocycles. The van der Waals surface area contributed by atoms with Crippen molar-refractivity contribution in [3.05, 3.63) is 41.1 Å². The van der Waals surface area contributed by atoms with Gasteiger partial charge in [-0.15, -0.1) is 0 Å². The normalized spacial score (nSPS) is 14.1. The van der Waals surface area contributed by atoms with Gasteiger partial charge in [-0.25, -0.2) is 0 Å². The Morgan fingerprint density at radius 2 is 2.00 bits per heavy atom. The molecule has 1 aromatic heterocycles. The summed E-state index contributed by atoms with van der Waals surface area (Å²) in [6, 6.07) is 7.79. The van der Waals surface area contributed by atoms with E-state index in [2.05, 4.69) is 5.10 Å². The van der Waals surface area contributed by atoms with Crippen LogP contribution in [0, 0.1) is 13.8 Å². The van der Waals surface area contributed by atoms with Crippen molar-refractivity contribution in [1.82, 2.24) is 14.7 Å². The second-order valence-electron chi connectivity index (χ2n) is 5.56. The summed E-state index contributed by atoms with van der Waals surface area (Å²) in [5, 5.41) is 13.3. The van der Waals surface area contributed by atoms with Crippen molar-refractivity contribution in [2.45, 2.75) is 20.4 Å². The molecule has 0 aliphatic carbocycles. The van der Waals surface area contributed by atoms with Crippen LogP contribution in [0.15, 0.2) is 24.3 Å². The fourth-order valence-electron chi connectivity index (χ4n) is 2.59. The van der Waals surface area contributed by atoms with Gasteiger partial charge < -0.3 is 10.0 Å². The number of benzene rings is 1.